The highest BCUT2D eigenvalue weighted by atomic mass is 16.2. The Morgan fingerprint density at radius 1 is 1.00 bits per heavy atom. The Kier molecular flexibility index (Phi) is 5.04. The van der Waals surface area contributed by atoms with Gasteiger partial charge in [0.05, 0.1) is 5.54 Å². The number of carbonyl (C=O) groups excluding carboxylic acids is 1. The van der Waals surface area contributed by atoms with Crippen molar-refractivity contribution in [1.29, 1.82) is 0 Å². The number of hydrogen-bond donors (Lipinski definition) is 0. The fourth-order valence-electron chi connectivity index (χ4n) is 6.55. The summed E-state index contributed by atoms with van der Waals surface area (Å²) in [7, 11) is 0. The van der Waals surface area contributed by atoms with Crippen LogP contribution < -0.4 is 4.90 Å². The van der Waals surface area contributed by atoms with Crippen LogP contribution in [0.4, 0.5) is 5.95 Å². The van der Waals surface area contributed by atoms with Crippen molar-refractivity contribution in [1.82, 2.24) is 19.7 Å². The van der Waals surface area contributed by atoms with E-state index in [9.17, 15) is 4.79 Å². The van der Waals surface area contributed by atoms with E-state index in [1.165, 1.54) is 32.1 Å². The second-order valence-corrected chi connectivity index (χ2v) is 10.1. The van der Waals surface area contributed by atoms with Crippen LogP contribution in [0.1, 0.15) is 73.7 Å². The molecule has 170 valence electrons. The molecule has 3 heterocycles. The van der Waals surface area contributed by atoms with E-state index in [2.05, 4.69) is 16.6 Å². The Morgan fingerprint density at radius 3 is 2.55 bits per heavy atom. The zero-order valence-corrected chi connectivity index (χ0v) is 19.3. The van der Waals surface area contributed by atoms with E-state index >= 15 is 0 Å². The lowest BCUT2D eigenvalue weighted by Gasteiger charge is -2.55. The molecule has 6 rings (SSSR count). The molecule has 33 heavy (non-hydrogen) atoms. The van der Waals surface area contributed by atoms with Crippen molar-refractivity contribution in [3.05, 3.63) is 59.9 Å². The fraction of sp³-hybridized carbons (Fsp3) is 0.481. The molecule has 1 amide bonds. The van der Waals surface area contributed by atoms with Crippen LogP contribution in [0, 0.1) is 12.8 Å². The molecular weight excluding hydrogens is 410 g/mol. The van der Waals surface area contributed by atoms with Gasteiger partial charge in [-0.15, -0.1) is 5.10 Å². The minimum absolute atomic E-state index is 0.0316. The summed E-state index contributed by atoms with van der Waals surface area (Å²) in [4.78, 5) is 25.3. The number of anilines is 1. The molecule has 1 aliphatic heterocycles. The van der Waals surface area contributed by atoms with Gasteiger partial charge in [0.1, 0.15) is 0 Å². The Hall–Kier alpha value is -3.02. The number of fused-ring (bicyclic) bond motifs is 4. The number of rotatable bonds is 2. The van der Waals surface area contributed by atoms with E-state index in [1.54, 1.807) is 6.20 Å². The normalized spacial score (nSPS) is 23.7. The van der Waals surface area contributed by atoms with Crippen molar-refractivity contribution < 1.29 is 4.79 Å². The Morgan fingerprint density at radius 2 is 1.79 bits per heavy atom. The predicted octanol–water partition coefficient (Wildman–Crippen LogP) is 5.53. The molecular formula is C27H31N5O. The zero-order valence-electron chi connectivity index (χ0n) is 19.3. The fourth-order valence-corrected chi connectivity index (χ4v) is 6.55. The van der Waals surface area contributed by atoms with Gasteiger partial charge in [-0.25, -0.2) is 4.68 Å². The van der Waals surface area contributed by atoms with Gasteiger partial charge < -0.3 is 0 Å². The molecule has 2 fully saturated rings. The summed E-state index contributed by atoms with van der Waals surface area (Å²) < 4.78 is 2.17. The molecule has 3 aliphatic rings. The molecule has 2 aromatic heterocycles. The molecule has 0 bridgehead atoms. The highest BCUT2D eigenvalue weighted by Crippen LogP contribution is 2.53. The van der Waals surface area contributed by atoms with Crippen molar-refractivity contribution >= 4 is 11.9 Å². The van der Waals surface area contributed by atoms with Crippen molar-refractivity contribution in [3.8, 4) is 11.4 Å². The second kappa shape index (κ2) is 8.08. The molecule has 2 saturated carbocycles. The van der Waals surface area contributed by atoms with E-state index < -0.39 is 0 Å². The highest BCUT2D eigenvalue weighted by Gasteiger charge is 2.55. The smallest absolute Gasteiger partial charge is 0.260 e. The number of aromatic nitrogens is 4. The number of amides is 1. The Balaban J connectivity index is 1.54. The summed E-state index contributed by atoms with van der Waals surface area (Å²) >= 11 is 0. The van der Waals surface area contributed by atoms with Crippen LogP contribution >= 0.6 is 0 Å². The standard InChI is InChI=1S/C27H31N5O/c1-19-11-13-20(14-12-19)25(33)31-23-10-4-3-9-22(23)27(15-5-2-6-16-27)32-26(31)29-24(30-32)21-8-7-17-28-18-21/h7-8,11-14,17-18,22-23H,2-6,9-10,15-16H2,1H3/t22-,23+/m1/s1. The van der Waals surface area contributed by atoms with Gasteiger partial charge in [-0.1, -0.05) is 49.8 Å². The number of carbonyl (C=O) groups is 1. The van der Waals surface area contributed by atoms with Crippen LogP contribution in [0.2, 0.25) is 0 Å². The van der Waals surface area contributed by atoms with Crippen LogP contribution in [0.3, 0.4) is 0 Å². The van der Waals surface area contributed by atoms with Crippen LogP contribution in [0.15, 0.2) is 48.8 Å². The van der Waals surface area contributed by atoms with Crippen LogP contribution in [0.5, 0.6) is 0 Å². The van der Waals surface area contributed by atoms with Crippen molar-refractivity contribution in [2.75, 3.05) is 4.90 Å². The van der Waals surface area contributed by atoms with Gasteiger partial charge >= 0.3 is 0 Å². The summed E-state index contributed by atoms with van der Waals surface area (Å²) in [6.07, 6.45) is 14.2. The molecule has 2 atom stereocenters. The summed E-state index contributed by atoms with van der Waals surface area (Å²) in [6, 6.07) is 12.0. The maximum Gasteiger partial charge on any atom is 0.260 e. The SMILES string of the molecule is Cc1ccc(C(=O)N2c3nc(-c4cccnc4)nn3C3(CCCCC3)[C@@H]3CCCC[C@@H]32)cc1. The molecule has 2 aliphatic carbocycles. The molecule has 1 aromatic carbocycles. The zero-order chi connectivity index (χ0) is 22.4. The van der Waals surface area contributed by atoms with Gasteiger partial charge in [0.2, 0.25) is 5.95 Å². The van der Waals surface area contributed by atoms with Crippen molar-refractivity contribution in [3.63, 3.8) is 0 Å². The molecule has 0 N–H and O–H groups in total. The number of aryl methyl sites for hydroxylation is 1. The van der Waals surface area contributed by atoms with Crippen molar-refractivity contribution in [2.24, 2.45) is 5.92 Å². The minimum atomic E-state index is -0.0316. The van der Waals surface area contributed by atoms with E-state index in [0.29, 0.717) is 11.7 Å². The summed E-state index contributed by atoms with van der Waals surface area (Å²) in [5, 5.41) is 5.10. The number of pyridine rings is 1. The first-order chi connectivity index (χ1) is 16.2. The number of hydrogen-bond acceptors (Lipinski definition) is 4. The third-order valence-corrected chi connectivity index (χ3v) is 8.14. The van der Waals surface area contributed by atoms with Crippen molar-refractivity contribution in [2.45, 2.75) is 76.3 Å². The maximum atomic E-state index is 14.0. The van der Waals surface area contributed by atoms with Gasteiger partial charge in [0.25, 0.3) is 5.91 Å². The lowest BCUT2D eigenvalue weighted by atomic mass is 9.64. The van der Waals surface area contributed by atoms with Gasteiger partial charge in [0, 0.05) is 35.5 Å². The molecule has 0 unspecified atom stereocenters. The van der Waals surface area contributed by atoms with Gasteiger partial charge in [-0.2, -0.15) is 4.98 Å². The first-order valence-corrected chi connectivity index (χ1v) is 12.5. The molecule has 1 spiro atoms. The highest BCUT2D eigenvalue weighted by molar-refractivity contribution is 6.06. The average Bonchev–Trinajstić information content (AvgIpc) is 3.32. The first kappa shape index (κ1) is 20.6. The second-order valence-electron chi connectivity index (χ2n) is 10.1. The Labute approximate surface area is 195 Å². The van der Waals surface area contributed by atoms with E-state index in [4.69, 9.17) is 10.1 Å². The Bertz CT molecular complexity index is 1150. The molecule has 6 heteroatoms. The van der Waals surface area contributed by atoms with Crippen LogP contribution in [0.25, 0.3) is 11.4 Å². The average molecular weight is 442 g/mol. The minimum Gasteiger partial charge on any atom is -0.273 e. The molecule has 6 nitrogen and oxygen atoms in total. The summed E-state index contributed by atoms with van der Waals surface area (Å²) in [6.45, 7) is 2.05. The topological polar surface area (TPSA) is 63.9 Å². The maximum absolute atomic E-state index is 14.0. The first-order valence-electron chi connectivity index (χ1n) is 12.5. The summed E-state index contributed by atoms with van der Waals surface area (Å²) in [5.41, 5.74) is 2.75. The van der Waals surface area contributed by atoms with Gasteiger partial charge in [-0.3, -0.25) is 14.7 Å². The van der Waals surface area contributed by atoms with E-state index in [-0.39, 0.29) is 17.5 Å². The van der Waals surface area contributed by atoms with Crippen LogP contribution in [-0.4, -0.2) is 31.7 Å². The number of benzene rings is 1. The van der Waals surface area contributed by atoms with Gasteiger partial charge in [0.15, 0.2) is 5.82 Å². The molecule has 0 saturated heterocycles. The van der Waals surface area contributed by atoms with E-state index in [0.717, 1.165) is 48.3 Å². The van der Waals surface area contributed by atoms with Crippen LogP contribution in [-0.2, 0) is 5.54 Å². The molecule has 0 radical (unpaired) electrons. The number of nitrogens with zero attached hydrogens (tertiary/aromatic N) is 5. The monoisotopic (exact) mass is 441 g/mol. The predicted molar refractivity (Wildman–Crippen MR) is 128 cm³/mol. The van der Waals surface area contributed by atoms with Gasteiger partial charge in [-0.05, 0) is 56.9 Å². The van der Waals surface area contributed by atoms with E-state index in [1.807, 2.05) is 47.5 Å². The third-order valence-electron chi connectivity index (χ3n) is 8.14. The lowest BCUT2D eigenvalue weighted by molar-refractivity contribution is 0.0314. The molecule has 3 aromatic rings. The summed E-state index contributed by atoms with van der Waals surface area (Å²) in [5.74, 6) is 1.87. The largest absolute Gasteiger partial charge is 0.273 e. The lowest BCUT2D eigenvalue weighted by Crippen LogP contribution is -2.61. The quantitative estimate of drug-likeness (QED) is 0.525. The third kappa shape index (κ3) is 3.30.